The molecule has 0 aliphatic heterocycles. The van der Waals surface area contributed by atoms with E-state index in [4.69, 9.17) is 16.0 Å². The van der Waals surface area contributed by atoms with Gasteiger partial charge in [0.15, 0.2) is 0 Å². The van der Waals surface area contributed by atoms with Crippen LogP contribution in [-0.4, -0.2) is 16.1 Å². The zero-order valence-corrected chi connectivity index (χ0v) is 9.06. The van der Waals surface area contributed by atoms with Crippen LogP contribution in [0.15, 0.2) is 4.42 Å². The maximum absolute atomic E-state index is 5.55. The van der Waals surface area contributed by atoms with E-state index >= 15 is 0 Å². The lowest BCUT2D eigenvalue weighted by atomic mass is 9.92. The molecule has 0 N–H and O–H groups in total. The monoisotopic (exact) mass is 202 g/mol. The van der Waals surface area contributed by atoms with Gasteiger partial charge in [0.1, 0.15) is 0 Å². The maximum atomic E-state index is 5.55. The number of alkyl halides is 1. The van der Waals surface area contributed by atoms with Gasteiger partial charge in [-0.2, -0.15) is 0 Å². The Kier molecular flexibility index (Phi) is 3.31. The van der Waals surface area contributed by atoms with E-state index < -0.39 is 0 Å². The zero-order valence-electron chi connectivity index (χ0n) is 8.30. The quantitative estimate of drug-likeness (QED) is 0.707. The van der Waals surface area contributed by atoms with Crippen molar-refractivity contribution in [3.8, 4) is 0 Å². The first-order valence-electron chi connectivity index (χ1n) is 4.38. The van der Waals surface area contributed by atoms with Crippen LogP contribution in [0.4, 0.5) is 0 Å². The second kappa shape index (κ2) is 4.09. The Morgan fingerprint density at radius 3 is 2.38 bits per heavy atom. The Labute approximate surface area is 83.5 Å². The number of hydrogen-bond acceptors (Lipinski definition) is 3. The second-order valence-electron chi connectivity index (χ2n) is 4.27. The summed E-state index contributed by atoms with van der Waals surface area (Å²) in [6.07, 6.45) is 1.46. The molecule has 0 aromatic carbocycles. The van der Waals surface area contributed by atoms with Crippen LogP contribution < -0.4 is 0 Å². The largest absolute Gasteiger partial charge is 0.425 e. The van der Waals surface area contributed by atoms with E-state index in [-0.39, 0.29) is 5.41 Å². The summed E-state index contributed by atoms with van der Waals surface area (Å²) in [6.45, 7) is 6.41. The Morgan fingerprint density at radius 1 is 1.23 bits per heavy atom. The number of halogens is 1. The normalized spacial score (nSPS) is 12.0. The van der Waals surface area contributed by atoms with Gasteiger partial charge in [-0.05, 0) is 5.41 Å². The summed E-state index contributed by atoms with van der Waals surface area (Å²) in [5.41, 5.74) is 0.185. The molecule has 74 valence electrons. The van der Waals surface area contributed by atoms with E-state index in [2.05, 4.69) is 31.0 Å². The molecular weight excluding hydrogens is 188 g/mol. The maximum Gasteiger partial charge on any atom is 0.217 e. The smallest absolute Gasteiger partial charge is 0.217 e. The van der Waals surface area contributed by atoms with E-state index in [9.17, 15) is 0 Å². The molecule has 1 aromatic heterocycles. The highest BCUT2D eigenvalue weighted by atomic mass is 35.5. The van der Waals surface area contributed by atoms with Crippen LogP contribution in [0.1, 0.15) is 32.6 Å². The van der Waals surface area contributed by atoms with Gasteiger partial charge < -0.3 is 4.42 Å². The fourth-order valence-electron chi connectivity index (χ4n) is 0.995. The van der Waals surface area contributed by atoms with Crippen molar-refractivity contribution < 1.29 is 4.42 Å². The number of aromatic nitrogens is 2. The van der Waals surface area contributed by atoms with Crippen LogP contribution in [0.3, 0.4) is 0 Å². The van der Waals surface area contributed by atoms with Gasteiger partial charge >= 0.3 is 0 Å². The molecule has 4 heteroatoms. The van der Waals surface area contributed by atoms with Crippen molar-refractivity contribution in [3.63, 3.8) is 0 Å². The van der Waals surface area contributed by atoms with Gasteiger partial charge in [0.25, 0.3) is 0 Å². The summed E-state index contributed by atoms with van der Waals surface area (Å²) in [4.78, 5) is 0. The first-order valence-corrected chi connectivity index (χ1v) is 4.92. The van der Waals surface area contributed by atoms with Crippen LogP contribution in [-0.2, 0) is 12.8 Å². The minimum atomic E-state index is 0.185. The number of hydrogen-bond donors (Lipinski definition) is 0. The molecule has 0 aliphatic carbocycles. The number of nitrogens with zero attached hydrogens (tertiary/aromatic N) is 2. The summed E-state index contributed by atoms with van der Waals surface area (Å²) in [7, 11) is 0. The van der Waals surface area contributed by atoms with E-state index in [1.54, 1.807) is 0 Å². The Balaban J connectivity index is 2.59. The lowest BCUT2D eigenvalue weighted by molar-refractivity contribution is 0.346. The summed E-state index contributed by atoms with van der Waals surface area (Å²) < 4.78 is 5.39. The molecule has 1 aromatic rings. The molecule has 0 saturated carbocycles. The first kappa shape index (κ1) is 10.5. The SMILES string of the molecule is CC(C)(C)Cc1nnc(CCCl)o1. The molecule has 0 amide bonds. The molecule has 13 heavy (non-hydrogen) atoms. The van der Waals surface area contributed by atoms with Crippen molar-refractivity contribution in [2.75, 3.05) is 5.88 Å². The Morgan fingerprint density at radius 2 is 1.85 bits per heavy atom. The predicted molar refractivity (Wildman–Crippen MR) is 51.9 cm³/mol. The third kappa shape index (κ3) is 3.77. The zero-order chi connectivity index (χ0) is 9.90. The number of aryl methyl sites for hydroxylation is 1. The van der Waals surface area contributed by atoms with Crippen LogP contribution in [0.5, 0.6) is 0 Å². The van der Waals surface area contributed by atoms with Crippen molar-refractivity contribution in [1.82, 2.24) is 10.2 Å². The molecule has 0 fully saturated rings. The van der Waals surface area contributed by atoms with Crippen molar-refractivity contribution in [1.29, 1.82) is 0 Å². The molecule has 1 heterocycles. The second-order valence-corrected chi connectivity index (χ2v) is 4.64. The minimum Gasteiger partial charge on any atom is -0.425 e. The van der Waals surface area contributed by atoms with Gasteiger partial charge in [-0.3, -0.25) is 0 Å². The Hall–Kier alpha value is -0.570. The average molecular weight is 203 g/mol. The van der Waals surface area contributed by atoms with Gasteiger partial charge in [-0.15, -0.1) is 21.8 Å². The van der Waals surface area contributed by atoms with Gasteiger partial charge in [-0.25, -0.2) is 0 Å². The summed E-state index contributed by atoms with van der Waals surface area (Å²) in [5.74, 6) is 1.86. The van der Waals surface area contributed by atoms with Gasteiger partial charge in [0, 0.05) is 18.7 Å². The third-order valence-corrected chi connectivity index (χ3v) is 1.69. The van der Waals surface area contributed by atoms with E-state index in [1.165, 1.54) is 0 Å². The topological polar surface area (TPSA) is 38.9 Å². The third-order valence-electron chi connectivity index (χ3n) is 1.50. The first-order chi connectivity index (χ1) is 6.01. The lowest BCUT2D eigenvalue weighted by Gasteiger charge is -2.14. The fourth-order valence-corrected chi connectivity index (χ4v) is 1.16. The van der Waals surface area contributed by atoms with Gasteiger partial charge in [0.05, 0.1) is 0 Å². The molecule has 0 radical (unpaired) electrons. The van der Waals surface area contributed by atoms with Crippen LogP contribution in [0, 0.1) is 5.41 Å². The highest BCUT2D eigenvalue weighted by Crippen LogP contribution is 2.19. The summed E-state index contributed by atoms with van der Waals surface area (Å²) >= 11 is 5.55. The average Bonchev–Trinajstić information content (AvgIpc) is 2.33. The standard InChI is InChI=1S/C9H15ClN2O/c1-9(2,3)6-8-12-11-7(13-8)4-5-10/h4-6H2,1-3H3. The highest BCUT2D eigenvalue weighted by Gasteiger charge is 2.15. The molecule has 0 unspecified atom stereocenters. The van der Waals surface area contributed by atoms with Crippen LogP contribution in [0.25, 0.3) is 0 Å². The highest BCUT2D eigenvalue weighted by molar-refractivity contribution is 6.17. The van der Waals surface area contributed by atoms with E-state index in [1.807, 2.05) is 0 Å². The fraction of sp³-hybridized carbons (Fsp3) is 0.778. The Bertz CT molecular complexity index is 265. The molecule has 3 nitrogen and oxygen atoms in total. The molecule has 1 rings (SSSR count). The predicted octanol–water partition coefficient (Wildman–Crippen LogP) is 2.44. The molecule has 0 aliphatic rings. The van der Waals surface area contributed by atoms with Crippen molar-refractivity contribution in [2.24, 2.45) is 5.41 Å². The van der Waals surface area contributed by atoms with Gasteiger partial charge in [-0.1, -0.05) is 20.8 Å². The van der Waals surface area contributed by atoms with Crippen LogP contribution in [0.2, 0.25) is 0 Å². The summed E-state index contributed by atoms with van der Waals surface area (Å²) in [6, 6.07) is 0. The van der Waals surface area contributed by atoms with Crippen molar-refractivity contribution in [3.05, 3.63) is 11.8 Å². The molecule has 0 saturated heterocycles. The lowest BCUT2D eigenvalue weighted by Crippen LogP contribution is -2.09. The van der Waals surface area contributed by atoms with E-state index in [0.29, 0.717) is 24.1 Å². The summed E-state index contributed by atoms with van der Waals surface area (Å²) in [5, 5.41) is 7.83. The molecular formula is C9H15ClN2O. The minimum absolute atomic E-state index is 0.185. The van der Waals surface area contributed by atoms with Crippen LogP contribution >= 0.6 is 11.6 Å². The number of rotatable bonds is 3. The molecule has 0 spiro atoms. The molecule has 0 bridgehead atoms. The van der Waals surface area contributed by atoms with Crippen molar-refractivity contribution >= 4 is 11.6 Å². The molecule has 0 atom stereocenters. The van der Waals surface area contributed by atoms with Crippen molar-refractivity contribution in [2.45, 2.75) is 33.6 Å². The van der Waals surface area contributed by atoms with E-state index in [0.717, 1.165) is 6.42 Å². The van der Waals surface area contributed by atoms with Gasteiger partial charge in [0.2, 0.25) is 11.8 Å².